The van der Waals surface area contributed by atoms with Crippen LogP contribution in [0.1, 0.15) is 38.5 Å². The average Bonchev–Trinajstić information content (AvgIpc) is 2.36. The van der Waals surface area contributed by atoms with Crippen LogP contribution in [0.15, 0.2) is 0 Å². The minimum atomic E-state index is -0.0157. The van der Waals surface area contributed by atoms with Crippen molar-refractivity contribution < 1.29 is 14.3 Å². The molecule has 0 saturated heterocycles. The van der Waals surface area contributed by atoms with Crippen LogP contribution in [0.25, 0.3) is 0 Å². The lowest BCUT2D eigenvalue weighted by Crippen LogP contribution is -2.39. The van der Waals surface area contributed by atoms with Gasteiger partial charge in [-0.1, -0.05) is 6.42 Å². The fraction of sp³-hybridized carbons (Fsp3) is 0.923. The van der Waals surface area contributed by atoms with E-state index in [0.717, 1.165) is 19.3 Å². The lowest BCUT2D eigenvalue weighted by molar-refractivity contribution is -0.149. The van der Waals surface area contributed by atoms with Gasteiger partial charge in [0.05, 0.1) is 19.1 Å². The van der Waals surface area contributed by atoms with Crippen LogP contribution in [-0.4, -0.2) is 26.3 Å². The molecule has 92 valence electrons. The van der Waals surface area contributed by atoms with E-state index in [1.807, 2.05) is 7.11 Å². The van der Waals surface area contributed by atoms with Crippen LogP contribution >= 0.6 is 0 Å². The Balaban J connectivity index is 1.97. The van der Waals surface area contributed by atoms with Crippen LogP contribution in [0.4, 0.5) is 0 Å². The largest absolute Gasteiger partial charge is 0.469 e. The second-order valence-electron chi connectivity index (χ2n) is 5.16. The number of hydrogen-bond donors (Lipinski definition) is 0. The number of carbonyl (C=O) groups excluding carboxylic acids is 1. The molecule has 16 heavy (non-hydrogen) atoms. The Morgan fingerprint density at radius 1 is 1.12 bits per heavy atom. The second-order valence-corrected chi connectivity index (χ2v) is 5.16. The summed E-state index contributed by atoms with van der Waals surface area (Å²) >= 11 is 0. The molecule has 0 aromatic carbocycles. The standard InChI is InChI=1S/C13H22O3/c1-15-12-5-3-4-9-8-10(13(14)16-2)6-7-11(9)12/h9-12H,3-8H2,1-2H3. The highest BCUT2D eigenvalue weighted by atomic mass is 16.5. The van der Waals surface area contributed by atoms with E-state index in [2.05, 4.69) is 0 Å². The average molecular weight is 226 g/mol. The highest BCUT2D eigenvalue weighted by Gasteiger charge is 2.40. The zero-order valence-corrected chi connectivity index (χ0v) is 10.3. The fourth-order valence-electron chi connectivity index (χ4n) is 3.58. The molecule has 0 spiro atoms. The summed E-state index contributed by atoms with van der Waals surface area (Å²) < 4.78 is 10.4. The SMILES string of the molecule is COC(=O)C1CCC2C(CCCC2OC)C1. The molecule has 2 rings (SSSR count). The van der Waals surface area contributed by atoms with E-state index in [1.165, 1.54) is 26.4 Å². The molecule has 2 aliphatic carbocycles. The number of fused-ring (bicyclic) bond motifs is 1. The van der Waals surface area contributed by atoms with Crippen molar-refractivity contribution in [2.45, 2.75) is 44.6 Å². The van der Waals surface area contributed by atoms with Gasteiger partial charge in [0.2, 0.25) is 0 Å². The van der Waals surface area contributed by atoms with Gasteiger partial charge in [-0.15, -0.1) is 0 Å². The zero-order chi connectivity index (χ0) is 11.5. The van der Waals surface area contributed by atoms with Crippen LogP contribution in [0.3, 0.4) is 0 Å². The van der Waals surface area contributed by atoms with Crippen LogP contribution in [0.2, 0.25) is 0 Å². The summed E-state index contributed by atoms with van der Waals surface area (Å²) in [6.07, 6.45) is 7.25. The number of methoxy groups -OCH3 is 2. The Bertz CT molecular complexity index is 252. The van der Waals surface area contributed by atoms with Gasteiger partial charge in [0, 0.05) is 7.11 Å². The summed E-state index contributed by atoms with van der Waals surface area (Å²) in [6.45, 7) is 0. The fourth-order valence-corrected chi connectivity index (χ4v) is 3.58. The molecule has 0 radical (unpaired) electrons. The number of ether oxygens (including phenoxy) is 2. The molecule has 0 bridgehead atoms. The summed E-state index contributed by atoms with van der Waals surface area (Å²) in [5.74, 6) is 1.48. The van der Waals surface area contributed by atoms with Crippen molar-refractivity contribution in [2.24, 2.45) is 17.8 Å². The second kappa shape index (κ2) is 5.17. The molecule has 0 aromatic heterocycles. The van der Waals surface area contributed by atoms with Gasteiger partial charge in [0.25, 0.3) is 0 Å². The van der Waals surface area contributed by atoms with Crippen molar-refractivity contribution in [2.75, 3.05) is 14.2 Å². The van der Waals surface area contributed by atoms with Crippen molar-refractivity contribution in [3.05, 3.63) is 0 Å². The van der Waals surface area contributed by atoms with Crippen LogP contribution in [0, 0.1) is 17.8 Å². The van der Waals surface area contributed by atoms with Crippen molar-refractivity contribution in [3.8, 4) is 0 Å². The maximum Gasteiger partial charge on any atom is 0.308 e. The lowest BCUT2D eigenvalue weighted by Gasteiger charge is -2.42. The van der Waals surface area contributed by atoms with Crippen LogP contribution < -0.4 is 0 Å². The first-order valence-corrected chi connectivity index (χ1v) is 6.37. The topological polar surface area (TPSA) is 35.5 Å². The number of hydrogen-bond acceptors (Lipinski definition) is 3. The van der Waals surface area contributed by atoms with Crippen LogP contribution in [-0.2, 0) is 14.3 Å². The van der Waals surface area contributed by atoms with E-state index in [-0.39, 0.29) is 11.9 Å². The van der Waals surface area contributed by atoms with E-state index in [0.29, 0.717) is 17.9 Å². The zero-order valence-electron chi connectivity index (χ0n) is 10.3. The minimum Gasteiger partial charge on any atom is -0.469 e. The molecule has 4 unspecified atom stereocenters. The Kier molecular flexibility index (Phi) is 3.85. The van der Waals surface area contributed by atoms with E-state index in [9.17, 15) is 4.79 Å². The Morgan fingerprint density at radius 2 is 1.94 bits per heavy atom. The number of carbonyl (C=O) groups is 1. The molecule has 0 amide bonds. The highest BCUT2D eigenvalue weighted by molar-refractivity contribution is 5.72. The minimum absolute atomic E-state index is 0.0157. The first-order chi connectivity index (χ1) is 7.76. The molecule has 4 atom stereocenters. The van der Waals surface area contributed by atoms with Crippen molar-refractivity contribution in [3.63, 3.8) is 0 Å². The Morgan fingerprint density at radius 3 is 2.62 bits per heavy atom. The highest BCUT2D eigenvalue weighted by Crippen LogP contribution is 2.43. The van der Waals surface area contributed by atoms with Gasteiger partial charge in [0.1, 0.15) is 0 Å². The molecule has 0 aliphatic heterocycles. The molecule has 3 nitrogen and oxygen atoms in total. The summed E-state index contributed by atoms with van der Waals surface area (Å²) in [4.78, 5) is 11.5. The van der Waals surface area contributed by atoms with E-state index in [1.54, 1.807) is 0 Å². The van der Waals surface area contributed by atoms with E-state index >= 15 is 0 Å². The summed E-state index contributed by atoms with van der Waals surface area (Å²) in [7, 11) is 3.31. The van der Waals surface area contributed by atoms with Gasteiger partial charge in [-0.25, -0.2) is 0 Å². The molecular weight excluding hydrogens is 204 g/mol. The molecular formula is C13H22O3. The lowest BCUT2D eigenvalue weighted by atomic mass is 9.66. The van der Waals surface area contributed by atoms with Gasteiger partial charge in [-0.3, -0.25) is 4.79 Å². The van der Waals surface area contributed by atoms with Gasteiger partial charge in [-0.2, -0.15) is 0 Å². The maximum atomic E-state index is 11.5. The van der Waals surface area contributed by atoms with Crippen molar-refractivity contribution in [1.29, 1.82) is 0 Å². The molecule has 0 N–H and O–H groups in total. The molecule has 3 heteroatoms. The normalized spacial score (nSPS) is 38.9. The van der Waals surface area contributed by atoms with Crippen molar-refractivity contribution in [1.82, 2.24) is 0 Å². The summed E-state index contributed by atoms with van der Waals surface area (Å²) in [5.41, 5.74) is 0. The molecule has 2 aliphatic rings. The van der Waals surface area contributed by atoms with E-state index < -0.39 is 0 Å². The maximum absolute atomic E-state index is 11.5. The molecule has 2 fully saturated rings. The third-order valence-corrected chi connectivity index (χ3v) is 4.42. The Labute approximate surface area is 97.5 Å². The van der Waals surface area contributed by atoms with E-state index in [4.69, 9.17) is 9.47 Å². The molecule has 0 aromatic rings. The Hall–Kier alpha value is -0.570. The van der Waals surface area contributed by atoms with Crippen molar-refractivity contribution >= 4 is 5.97 Å². The first-order valence-electron chi connectivity index (χ1n) is 6.37. The third-order valence-electron chi connectivity index (χ3n) is 4.42. The number of rotatable bonds is 2. The van der Waals surface area contributed by atoms with Gasteiger partial charge < -0.3 is 9.47 Å². The number of esters is 1. The van der Waals surface area contributed by atoms with Gasteiger partial charge >= 0.3 is 5.97 Å². The van der Waals surface area contributed by atoms with Crippen LogP contribution in [0.5, 0.6) is 0 Å². The quantitative estimate of drug-likeness (QED) is 0.678. The predicted molar refractivity (Wildman–Crippen MR) is 61.0 cm³/mol. The predicted octanol–water partition coefficient (Wildman–Crippen LogP) is 2.39. The molecule has 2 saturated carbocycles. The molecule has 0 heterocycles. The smallest absolute Gasteiger partial charge is 0.308 e. The van der Waals surface area contributed by atoms with Gasteiger partial charge in [0.15, 0.2) is 0 Å². The van der Waals surface area contributed by atoms with Gasteiger partial charge in [-0.05, 0) is 43.9 Å². The monoisotopic (exact) mass is 226 g/mol. The first kappa shape index (κ1) is 11.9. The third kappa shape index (κ3) is 2.24. The summed E-state index contributed by atoms with van der Waals surface area (Å²) in [6, 6.07) is 0. The summed E-state index contributed by atoms with van der Waals surface area (Å²) in [5, 5.41) is 0.